The van der Waals surface area contributed by atoms with Crippen LogP contribution in [0.25, 0.3) is 0 Å². The van der Waals surface area contributed by atoms with Gasteiger partial charge in [0.15, 0.2) is 0 Å². The van der Waals surface area contributed by atoms with E-state index in [1.165, 1.54) is 19.4 Å². The van der Waals surface area contributed by atoms with Gasteiger partial charge in [0, 0.05) is 38.6 Å². The van der Waals surface area contributed by atoms with Gasteiger partial charge in [0.1, 0.15) is 0 Å². The van der Waals surface area contributed by atoms with Crippen LogP contribution in [0.2, 0.25) is 0 Å². The number of hydrogen-bond donors (Lipinski definition) is 0. The van der Waals surface area contributed by atoms with Crippen LogP contribution in [0.3, 0.4) is 0 Å². The molecule has 0 unspecified atom stereocenters. The quantitative estimate of drug-likeness (QED) is 0.803. The molecule has 0 N–H and O–H groups in total. The number of nitrogens with zero attached hydrogens (tertiary/aromatic N) is 4. The van der Waals surface area contributed by atoms with Crippen molar-refractivity contribution in [2.24, 2.45) is 5.92 Å². The predicted molar refractivity (Wildman–Crippen MR) is 72.1 cm³/mol. The first-order chi connectivity index (χ1) is 9.40. The van der Waals surface area contributed by atoms with Gasteiger partial charge in [-0.15, -0.1) is 0 Å². The van der Waals surface area contributed by atoms with Crippen LogP contribution in [0.1, 0.15) is 12.8 Å². The van der Waals surface area contributed by atoms with Crippen molar-refractivity contribution in [3.05, 3.63) is 18.5 Å². The van der Waals surface area contributed by atoms with Crippen molar-refractivity contribution in [3.8, 4) is 0 Å². The molecule has 0 radical (unpaired) electrons. The van der Waals surface area contributed by atoms with Crippen molar-refractivity contribution >= 4 is 5.95 Å². The third-order valence-electron chi connectivity index (χ3n) is 4.44. The van der Waals surface area contributed by atoms with Crippen LogP contribution in [-0.2, 0) is 4.74 Å². The van der Waals surface area contributed by atoms with Gasteiger partial charge in [-0.3, -0.25) is 4.90 Å². The van der Waals surface area contributed by atoms with Crippen LogP contribution in [0.4, 0.5) is 5.95 Å². The van der Waals surface area contributed by atoms with Gasteiger partial charge in [-0.25, -0.2) is 9.97 Å². The molecule has 2 aliphatic heterocycles. The molecule has 1 saturated carbocycles. The zero-order valence-electron chi connectivity index (χ0n) is 11.1. The summed E-state index contributed by atoms with van der Waals surface area (Å²) in [5, 5.41) is 0. The topological polar surface area (TPSA) is 41.5 Å². The van der Waals surface area contributed by atoms with Crippen molar-refractivity contribution in [3.63, 3.8) is 0 Å². The highest BCUT2D eigenvalue weighted by Gasteiger charge is 2.42. The van der Waals surface area contributed by atoms with Crippen LogP contribution in [0.5, 0.6) is 0 Å². The Labute approximate surface area is 113 Å². The number of ether oxygens (including phenoxy) is 1. The summed E-state index contributed by atoms with van der Waals surface area (Å²) >= 11 is 0. The van der Waals surface area contributed by atoms with Gasteiger partial charge in [0.05, 0.1) is 18.8 Å². The molecule has 0 bridgehead atoms. The van der Waals surface area contributed by atoms with Crippen LogP contribution in [0, 0.1) is 5.92 Å². The Kier molecular flexibility index (Phi) is 2.89. The van der Waals surface area contributed by atoms with Crippen molar-refractivity contribution in [2.45, 2.75) is 25.0 Å². The second-order valence-electron chi connectivity index (χ2n) is 5.87. The SMILES string of the molecule is c1cnc(N2C[C@H]3OCCN(CC4CC4)[C@H]3C2)nc1. The van der Waals surface area contributed by atoms with Crippen LogP contribution in [-0.4, -0.2) is 59.8 Å². The maximum absolute atomic E-state index is 5.95. The average molecular weight is 260 g/mol. The summed E-state index contributed by atoms with van der Waals surface area (Å²) in [5.41, 5.74) is 0. The van der Waals surface area contributed by atoms with Crippen molar-refractivity contribution in [1.29, 1.82) is 0 Å². The second-order valence-corrected chi connectivity index (χ2v) is 5.87. The second kappa shape index (κ2) is 4.72. The summed E-state index contributed by atoms with van der Waals surface area (Å²) in [4.78, 5) is 13.6. The zero-order chi connectivity index (χ0) is 12.7. The highest BCUT2D eigenvalue weighted by atomic mass is 16.5. The molecule has 2 saturated heterocycles. The molecule has 0 aromatic carbocycles. The molecule has 4 rings (SSSR count). The Balaban J connectivity index is 1.48. The first-order valence-corrected chi connectivity index (χ1v) is 7.28. The van der Waals surface area contributed by atoms with Gasteiger partial charge in [-0.05, 0) is 24.8 Å². The molecule has 1 aromatic heterocycles. The minimum Gasteiger partial charge on any atom is -0.373 e. The third kappa shape index (κ3) is 2.32. The van der Waals surface area contributed by atoms with Crippen molar-refractivity contribution in [2.75, 3.05) is 37.7 Å². The Hall–Kier alpha value is -1.20. The van der Waals surface area contributed by atoms with Gasteiger partial charge >= 0.3 is 0 Å². The van der Waals surface area contributed by atoms with Gasteiger partial charge in [0.25, 0.3) is 0 Å². The van der Waals surface area contributed by atoms with Crippen LogP contribution < -0.4 is 4.90 Å². The zero-order valence-corrected chi connectivity index (χ0v) is 11.1. The fourth-order valence-corrected chi connectivity index (χ4v) is 3.23. The molecule has 19 heavy (non-hydrogen) atoms. The number of morpholine rings is 1. The molecule has 1 aromatic rings. The lowest BCUT2D eigenvalue weighted by Gasteiger charge is -2.36. The summed E-state index contributed by atoms with van der Waals surface area (Å²) in [6, 6.07) is 2.39. The van der Waals surface area contributed by atoms with Crippen molar-refractivity contribution in [1.82, 2.24) is 14.9 Å². The third-order valence-corrected chi connectivity index (χ3v) is 4.44. The van der Waals surface area contributed by atoms with E-state index in [0.29, 0.717) is 12.1 Å². The van der Waals surface area contributed by atoms with E-state index < -0.39 is 0 Å². The number of hydrogen-bond acceptors (Lipinski definition) is 5. The van der Waals surface area contributed by atoms with Gasteiger partial charge in [-0.1, -0.05) is 0 Å². The van der Waals surface area contributed by atoms with E-state index in [2.05, 4.69) is 19.8 Å². The summed E-state index contributed by atoms with van der Waals surface area (Å²) < 4.78 is 5.95. The van der Waals surface area contributed by atoms with E-state index >= 15 is 0 Å². The highest BCUT2D eigenvalue weighted by molar-refractivity contribution is 5.32. The first kappa shape index (κ1) is 11.6. The maximum Gasteiger partial charge on any atom is 0.225 e. The molecule has 5 heteroatoms. The Morgan fingerprint density at radius 1 is 1.21 bits per heavy atom. The summed E-state index contributed by atoms with van der Waals surface area (Å²) in [7, 11) is 0. The molecule has 0 spiro atoms. The molecule has 0 amide bonds. The fraction of sp³-hybridized carbons (Fsp3) is 0.714. The van der Waals surface area contributed by atoms with E-state index in [9.17, 15) is 0 Å². The molecular formula is C14H20N4O. The molecule has 1 aliphatic carbocycles. The van der Waals surface area contributed by atoms with E-state index in [1.54, 1.807) is 0 Å². The normalized spacial score (nSPS) is 31.5. The Bertz CT molecular complexity index is 436. The van der Waals surface area contributed by atoms with Crippen LogP contribution in [0.15, 0.2) is 18.5 Å². The molecular weight excluding hydrogens is 240 g/mol. The Morgan fingerprint density at radius 2 is 2.05 bits per heavy atom. The molecule has 3 fully saturated rings. The van der Waals surface area contributed by atoms with Gasteiger partial charge in [0.2, 0.25) is 5.95 Å². The maximum atomic E-state index is 5.95. The molecule has 3 heterocycles. The molecule has 102 valence electrons. The lowest BCUT2D eigenvalue weighted by Crippen LogP contribution is -2.51. The minimum atomic E-state index is 0.330. The van der Waals surface area contributed by atoms with E-state index in [4.69, 9.17) is 4.74 Å². The number of anilines is 1. The summed E-state index contributed by atoms with van der Waals surface area (Å²) in [5.74, 6) is 1.78. The average Bonchev–Trinajstić information content (AvgIpc) is 3.16. The monoisotopic (exact) mass is 260 g/mol. The van der Waals surface area contributed by atoms with E-state index in [-0.39, 0.29) is 0 Å². The lowest BCUT2D eigenvalue weighted by molar-refractivity contribution is -0.0480. The minimum absolute atomic E-state index is 0.330. The highest BCUT2D eigenvalue weighted by Crippen LogP contribution is 2.33. The van der Waals surface area contributed by atoms with Crippen LogP contribution >= 0.6 is 0 Å². The number of fused-ring (bicyclic) bond motifs is 1. The standard InChI is InChI=1S/C14H20N4O/c1-4-15-14(16-5-1)18-9-12-13(10-18)19-7-6-17(12)8-11-2-3-11/h1,4-5,11-13H,2-3,6-10H2/t12-,13+/m0/s1. The molecule has 3 aliphatic rings. The van der Waals surface area contributed by atoms with Gasteiger partial charge < -0.3 is 9.64 Å². The fourth-order valence-electron chi connectivity index (χ4n) is 3.23. The Morgan fingerprint density at radius 3 is 2.84 bits per heavy atom. The largest absolute Gasteiger partial charge is 0.373 e. The smallest absolute Gasteiger partial charge is 0.225 e. The lowest BCUT2D eigenvalue weighted by atomic mass is 10.1. The summed E-state index contributed by atoms with van der Waals surface area (Å²) in [6.07, 6.45) is 6.79. The predicted octanol–water partition coefficient (Wildman–Crippen LogP) is 0.776. The van der Waals surface area contributed by atoms with E-state index in [1.807, 2.05) is 18.5 Å². The van der Waals surface area contributed by atoms with E-state index in [0.717, 1.165) is 38.1 Å². The number of rotatable bonds is 3. The molecule has 2 atom stereocenters. The summed E-state index contributed by atoms with van der Waals surface area (Å²) in [6.45, 7) is 5.14. The number of aromatic nitrogens is 2. The van der Waals surface area contributed by atoms with Gasteiger partial charge in [-0.2, -0.15) is 0 Å². The van der Waals surface area contributed by atoms with Crippen molar-refractivity contribution < 1.29 is 4.74 Å². The first-order valence-electron chi connectivity index (χ1n) is 7.28. The molecule has 5 nitrogen and oxygen atoms in total.